The van der Waals surface area contributed by atoms with Crippen molar-refractivity contribution in [1.82, 2.24) is 44.7 Å². The number of methoxy groups -OCH3 is 1. The number of carbonyl (C=O) groups excluding carboxylic acids is 6. The highest BCUT2D eigenvalue weighted by Gasteiger charge is 2.36. The number of anilines is 2. The molecule has 0 radical (unpaired) electrons. The van der Waals surface area contributed by atoms with Gasteiger partial charge in [0.05, 0.1) is 78.5 Å². The second-order valence-corrected chi connectivity index (χ2v) is 34.3. The fraction of sp³-hybridized carbons (Fsp3) is 0.0769. The van der Waals surface area contributed by atoms with Crippen LogP contribution in [0, 0.1) is 58.4 Å². The van der Waals surface area contributed by atoms with Gasteiger partial charge in [0.2, 0.25) is 5.78 Å². The van der Waals surface area contributed by atoms with Gasteiger partial charge >= 0.3 is 12.0 Å². The zero-order valence-corrected chi connectivity index (χ0v) is 81.3. The van der Waals surface area contributed by atoms with Crippen LogP contribution in [0.5, 0.6) is 0 Å². The topological polar surface area (TPSA) is 467 Å². The van der Waals surface area contributed by atoms with Gasteiger partial charge in [-0.05, 0) is 187 Å². The molecule has 0 saturated heterocycles. The molecular formula is C117H88ClN17O15. The van der Waals surface area contributed by atoms with E-state index in [1.807, 2.05) is 220 Å². The number of nitrogens with one attached hydrogen (secondary N) is 1. The van der Waals surface area contributed by atoms with E-state index < -0.39 is 42.9 Å². The molecule has 2 atom stereocenters. The van der Waals surface area contributed by atoms with Crippen molar-refractivity contribution in [3.8, 4) is 73.2 Å². The van der Waals surface area contributed by atoms with Crippen LogP contribution in [-0.4, -0.2) is 106 Å². The number of nitrogens with two attached hydrogens (primary N) is 2. The van der Waals surface area contributed by atoms with Gasteiger partial charge in [0.15, 0.2) is 5.82 Å². The number of benzene rings is 13. The summed E-state index contributed by atoms with van der Waals surface area (Å²) in [7, 11) is 1.28. The van der Waals surface area contributed by atoms with E-state index in [0.29, 0.717) is 69.9 Å². The number of Topliss-reactive ketones (excluding diaryl/α,β-unsaturated/α-hetero) is 2. The molecule has 32 nitrogen and oxygen atoms in total. The largest absolute Gasteiger partial charge is 0.468 e. The molecule has 0 aliphatic carbocycles. The first-order valence-electron chi connectivity index (χ1n) is 46.4. The lowest BCUT2D eigenvalue weighted by molar-refractivity contribution is -0.385. The molecule has 150 heavy (non-hydrogen) atoms. The van der Waals surface area contributed by atoms with Crippen LogP contribution in [0.15, 0.2) is 394 Å². The lowest BCUT2D eigenvalue weighted by atomic mass is 9.90. The number of ketones is 2. The van der Waals surface area contributed by atoms with E-state index in [4.69, 9.17) is 45.1 Å². The summed E-state index contributed by atoms with van der Waals surface area (Å²) in [5.41, 5.74) is 34.8. The van der Waals surface area contributed by atoms with Crippen molar-refractivity contribution in [1.29, 1.82) is 5.26 Å². The van der Waals surface area contributed by atoms with Crippen molar-refractivity contribution < 1.29 is 53.2 Å². The molecule has 6 aromatic heterocycles. The van der Waals surface area contributed by atoms with E-state index in [9.17, 15) is 69.2 Å². The number of halogens is 1. The number of ether oxygens (including phenoxy) is 1. The molecule has 2 unspecified atom stereocenters. The molecule has 0 amide bonds. The molecule has 0 fully saturated rings. The van der Waals surface area contributed by atoms with Crippen LogP contribution in [0.1, 0.15) is 102 Å². The van der Waals surface area contributed by atoms with Crippen molar-refractivity contribution in [3.05, 3.63) is 496 Å². The Morgan fingerprint density at radius 1 is 0.453 bits per heavy atom. The fourth-order valence-corrected chi connectivity index (χ4v) is 17.1. The van der Waals surface area contributed by atoms with E-state index in [1.165, 1.54) is 91.5 Å². The molecule has 0 bridgehead atoms. The maximum atomic E-state index is 13.9. The third-order valence-electron chi connectivity index (χ3n) is 24.3. The predicted octanol–water partition coefficient (Wildman–Crippen LogP) is 24.8. The highest BCUT2D eigenvalue weighted by atomic mass is 35.5. The maximum Gasteiger partial charge on any atom is 0.320 e. The third-order valence-corrected chi connectivity index (χ3v) is 24.5. The highest BCUT2D eigenvalue weighted by Crippen LogP contribution is 2.44. The van der Waals surface area contributed by atoms with Crippen LogP contribution < -0.4 is 11.5 Å². The Hall–Kier alpha value is -20.5. The standard InChI is InChI=1S/C29H20N4O3.C29H22N4O.C15H12N4O2.C15H10N2O3.C14H13NO3.C8H7N.C7H4ClNO3/c1-18-16-25-27(19-6-3-2-4-7-19)28(20-9-12-23(13-10-20)33(35)36)31-32(25)29(34)26(18)22-11-14-24-21(17-22)8-5-15-30-24;1-18-16-25-27(19-6-3-2-4-7-19)28(20-9-12-23(30)13-10-20)32-33(25)29(34)26(18)22-11-14-24-21(17-22)8-5-15-31-24;16-15-13(10-4-2-1-3-5-10)14(17-18-15)11-6-8-12(9-7-11)19(20)21;1-16-14(11-5-3-2-4-6-11)15(18)12-7-9-13(10-8-12)17(19)20;1-9(16)13(14(17)18-2)11-5-6-12-10(8-11)4-3-7-15-12;9-7-6-8-4-2-1-3-5-8;8-7(10)5-1-3-6(4-2-5)9(11)12/h2-15,17H,16H2,1H3;2-15,17H,16,30H2,1H3;1-9H,(H3,16,17,18);2-10,14H;3-8,13H,1-2H3;1-5H,6H2;1-4H. The van der Waals surface area contributed by atoms with Gasteiger partial charge < -0.3 is 16.2 Å². The van der Waals surface area contributed by atoms with Gasteiger partial charge in [0.1, 0.15) is 23.1 Å². The first-order chi connectivity index (χ1) is 72.6. The van der Waals surface area contributed by atoms with Crippen LogP contribution in [0.25, 0.3) is 116 Å². The first kappa shape index (κ1) is 104. The summed E-state index contributed by atoms with van der Waals surface area (Å²) in [5.74, 6) is -1.89. The van der Waals surface area contributed by atoms with Gasteiger partial charge in [-0.25, -0.2) is 6.57 Å². The molecule has 8 heterocycles. The number of pyridine rings is 3. The number of nitro groups is 4. The Morgan fingerprint density at radius 3 is 1.21 bits per heavy atom. The number of allylic oxidation sites excluding steroid dienone is 4. The number of carbonyl (C=O) groups is 6. The average Bonchev–Trinajstić information content (AvgIpc) is 1.58. The number of rotatable bonds is 20. The predicted molar refractivity (Wildman–Crippen MR) is 575 cm³/mol. The third kappa shape index (κ3) is 24.3. The molecule has 21 rings (SSSR count). The number of nitriles is 1. The Kier molecular flexibility index (Phi) is 33.3. The molecular weight excluding hydrogens is 1920 g/mol. The van der Waals surface area contributed by atoms with Crippen LogP contribution >= 0.6 is 11.6 Å². The minimum absolute atomic E-state index is 0.00523. The summed E-state index contributed by atoms with van der Waals surface area (Å²) in [6.07, 6.45) is 6.93. The number of nitro benzene ring substituents is 4. The number of aromatic amines is 1. The van der Waals surface area contributed by atoms with Crippen LogP contribution in [-0.2, 0) is 33.6 Å². The SMILES string of the molecule is CC1=C(c2ccc3ncccc3c2)C(=O)n2nc(-c3ccc(N)cc3)c(-c3ccccc3)c2C1.CC1=C(c2ccc3ncccc3c2)C(=O)n2nc(-c3ccc([N+](=O)[O-])cc3)c(-c3ccccc3)c2C1.COC(=O)C(C(C)=O)c1ccc2ncccc2c1.N#CCc1ccccc1.Nc1n[nH]c(-c2ccc([N+](=O)[O-])cc2)c1-c1ccccc1.O=C(Cl)c1ccc([N+](=O)[O-])cc1.[C-]#[N+]C(C(=O)c1ccc([N+](=O)[O-])cc1)c1ccccc1. The molecule has 0 saturated carbocycles. The number of H-pyrrole nitrogens is 1. The number of nitrogen functional groups attached to an aromatic ring is 2. The molecule has 5 N–H and O–H groups in total. The molecule has 0 spiro atoms. The first-order valence-corrected chi connectivity index (χ1v) is 46.7. The smallest absolute Gasteiger partial charge is 0.320 e. The van der Waals surface area contributed by atoms with E-state index in [-0.39, 0.29) is 51.7 Å². The van der Waals surface area contributed by atoms with Gasteiger partial charge in [-0.2, -0.15) is 29.9 Å². The Labute approximate surface area is 862 Å². The monoisotopic (exact) mass is 2010 g/mol. The minimum atomic E-state index is -0.919. The van der Waals surface area contributed by atoms with Gasteiger partial charge in [-0.3, -0.25) is 94.1 Å². The van der Waals surface area contributed by atoms with Crippen LogP contribution in [0.3, 0.4) is 0 Å². The lowest BCUT2D eigenvalue weighted by Crippen LogP contribution is -2.23. The molecule has 13 aromatic carbocycles. The number of non-ortho nitro benzene ring substituents is 4. The quantitative estimate of drug-likeness (QED) is 0.00932. The Bertz CT molecular complexity index is 8440. The van der Waals surface area contributed by atoms with Crippen molar-refractivity contribution >= 4 is 124 Å². The van der Waals surface area contributed by atoms with E-state index >= 15 is 0 Å². The fourth-order valence-electron chi connectivity index (χ4n) is 17.0. The zero-order valence-electron chi connectivity index (χ0n) is 80.6. The summed E-state index contributed by atoms with van der Waals surface area (Å²) in [6, 6.07) is 108. The van der Waals surface area contributed by atoms with Crippen LogP contribution in [0.2, 0.25) is 0 Å². The minimum Gasteiger partial charge on any atom is -0.468 e. The van der Waals surface area contributed by atoms with E-state index in [1.54, 1.807) is 96.1 Å². The average molecular weight is 2010 g/mol. The summed E-state index contributed by atoms with van der Waals surface area (Å²) in [6.45, 7) is 12.6. The van der Waals surface area contributed by atoms with E-state index in [2.05, 4.69) is 52.9 Å². The van der Waals surface area contributed by atoms with Gasteiger partial charge in [-0.1, -0.05) is 211 Å². The van der Waals surface area contributed by atoms with Crippen molar-refractivity contribution in [3.63, 3.8) is 0 Å². The highest BCUT2D eigenvalue weighted by molar-refractivity contribution is 6.67. The summed E-state index contributed by atoms with van der Waals surface area (Å²) in [5, 5.41) is 69.7. The summed E-state index contributed by atoms with van der Waals surface area (Å²) >= 11 is 5.13. The van der Waals surface area contributed by atoms with Gasteiger partial charge in [-0.15, -0.1) is 0 Å². The maximum absolute atomic E-state index is 13.9. The van der Waals surface area contributed by atoms with Gasteiger partial charge in [0.25, 0.3) is 39.8 Å². The van der Waals surface area contributed by atoms with E-state index in [0.717, 1.165) is 128 Å². The molecule has 2 aliphatic rings. The Morgan fingerprint density at radius 2 is 0.820 bits per heavy atom. The van der Waals surface area contributed by atoms with Gasteiger partial charge in [0, 0.05) is 157 Å². The van der Waals surface area contributed by atoms with Crippen molar-refractivity contribution in [2.75, 3.05) is 18.6 Å². The zero-order chi connectivity index (χ0) is 106. The number of hydrogen-bond donors (Lipinski definition) is 3. The number of nitrogens with zero attached hydrogens (tertiary/aromatic N) is 14. The molecule has 2 aliphatic heterocycles. The van der Waals surface area contributed by atoms with Crippen LogP contribution in [0.4, 0.5) is 34.3 Å². The normalized spacial score (nSPS) is 11.9. The molecule has 33 heteroatoms. The molecule has 19 aromatic rings. The van der Waals surface area contributed by atoms with Crippen molar-refractivity contribution in [2.24, 2.45) is 0 Å². The number of aromatic nitrogens is 9. The molecule has 738 valence electrons. The van der Waals surface area contributed by atoms with Crippen molar-refractivity contribution in [2.45, 2.75) is 52.0 Å². The second-order valence-electron chi connectivity index (χ2n) is 34.0. The number of hydrogen-bond acceptors (Lipinski definition) is 24. The Balaban J connectivity index is 0.000000136. The second kappa shape index (κ2) is 48.0. The number of esters is 1. The number of fused-ring (bicyclic) bond motifs is 5. The lowest BCUT2D eigenvalue weighted by Gasteiger charge is -2.20. The summed E-state index contributed by atoms with van der Waals surface area (Å²) < 4.78 is 7.75. The summed E-state index contributed by atoms with van der Waals surface area (Å²) in [4.78, 5) is 131.